The summed E-state index contributed by atoms with van der Waals surface area (Å²) in [7, 11) is 3.31. The Morgan fingerprint density at radius 1 is 1.67 bits per heavy atom. The Kier molecular flexibility index (Phi) is 4.27. The number of hydrogen-bond acceptors (Lipinski definition) is 6. The molecule has 1 unspecified atom stereocenters. The first-order chi connectivity index (χ1) is 8.69. The summed E-state index contributed by atoms with van der Waals surface area (Å²) in [5.74, 6) is 0.675. The number of morpholine rings is 1. The van der Waals surface area contributed by atoms with Crippen molar-refractivity contribution in [1.29, 1.82) is 0 Å². The number of carbonyl (C=O) groups is 1. The van der Waals surface area contributed by atoms with Gasteiger partial charge in [0.1, 0.15) is 12.2 Å². The van der Waals surface area contributed by atoms with Crippen LogP contribution in [0.1, 0.15) is 12.2 Å². The maximum atomic E-state index is 11.2. The fourth-order valence-electron chi connectivity index (χ4n) is 1.97. The van der Waals surface area contributed by atoms with E-state index in [4.69, 9.17) is 4.74 Å². The van der Waals surface area contributed by atoms with Crippen molar-refractivity contribution in [3.63, 3.8) is 0 Å². The van der Waals surface area contributed by atoms with E-state index < -0.39 is 0 Å². The second-order valence-corrected chi connectivity index (χ2v) is 4.37. The Balaban J connectivity index is 1.87. The van der Waals surface area contributed by atoms with Gasteiger partial charge in [-0.15, -0.1) is 10.2 Å². The summed E-state index contributed by atoms with van der Waals surface area (Å²) in [6, 6.07) is 0. The molecule has 0 bridgehead atoms. The molecule has 7 nitrogen and oxygen atoms in total. The van der Waals surface area contributed by atoms with Gasteiger partial charge in [0.15, 0.2) is 0 Å². The molecule has 7 heteroatoms. The maximum absolute atomic E-state index is 11.2. The summed E-state index contributed by atoms with van der Waals surface area (Å²) in [4.78, 5) is 13.4. The number of aromatic nitrogens is 3. The van der Waals surface area contributed by atoms with E-state index in [0.717, 1.165) is 18.9 Å². The minimum atomic E-state index is -0.236. The second kappa shape index (κ2) is 5.92. The number of rotatable bonds is 4. The highest BCUT2D eigenvalue weighted by atomic mass is 16.5. The quantitative estimate of drug-likeness (QED) is 0.680. The van der Waals surface area contributed by atoms with Crippen molar-refractivity contribution in [1.82, 2.24) is 19.7 Å². The SMILES string of the molecule is COC(=O)CC1CN(Cc2nncn2C)CCO1. The Morgan fingerprint density at radius 3 is 3.17 bits per heavy atom. The van der Waals surface area contributed by atoms with Gasteiger partial charge in [-0.1, -0.05) is 0 Å². The molecule has 100 valence electrons. The molecule has 0 aliphatic carbocycles. The van der Waals surface area contributed by atoms with Crippen LogP contribution in [0.3, 0.4) is 0 Å². The molecule has 2 rings (SSSR count). The molecule has 0 amide bonds. The predicted molar refractivity (Wildman–Crippen MR) is 62.7 cm³/mol. The molecule has 1 saturated heterocycles. The Morgan fingerprint density at radius 2 is 2.50 bits per heavy atom. The first-order valence-corrected chi connectivity index (χ1v) is 5.92. The zero-order chi connectivity index (χ0) is 13.0. The van der Waals surface area contributed by atoms with E-state index in [1.165, 1.54) is 7.11 Å². The first-order valence-electron chi connectivity index (χ1n) is 5.92. The van der Waals surface area contributed by atoms with Crippen molar-refractivity contribution in [3.8, 4) is 0 Å². The number of methoxy groups -OCH3 is 1. The van der Waals surface area contributed by atoms with E-state index in [-0.39, 0.29) is 12.1 Å². The molecule has 18 heavy (non-hydrogen) atoms. The normalized spacial score (nSPS) is 20.9. The third-order valence-corrected chi connectivity index (χ3v) is 3.02. The van der Waals surface area contributed by atoms with Crippen LogP contribution >= 0.6 is 0 Å². The van der Waals surface area contributed by atoms with Gasteiger partial charge < -0.3 is 14.0 Å². The van der Waals surface area contributed by atoms with Gasteiger partial charge in [-0.25, -0.2) is 0 Å². The van der Waals surface area contributed by atoms with Gasteiger partial charge >= 0.3 is 5.97 Å². The largest absolute Gasteiger partial charge is 0.469 e. The lowest BCUT2D eigenvalue weighted by Crippen LogP contribution is -2.43. The highest BCUT2D eigenvalue weighted by Gasteiger charge is 2.24. The molecule has 1 fully saturated rings. The molecule has 1 aromatic rings. The topological polar surface area (TPSA) is 69.5 Å². The van der Waals surface area contributed by atoms with Gasteiger partial charge in [0, 0.05) is 20.1 Å². The summed E-state index contributed by atoms with van der Waals surface area (Å²) in [5.41, 5.74) is 0. The van der Waals surface area contributed by atoms with Gasteiger partial charge in [-0.2, -0.15) is 0 Å². The monoisotopic (exact) mass is 254 g/mol. The highest BCUT2D eigenvalue weighted by molar-refractivity contribution is 5.69. The lowest BCUT2D eigenvalue weighted by molar-refractivity contribution is -0.145. The number of aryl methyl sites for hydroxylation is 1. The molecule has 0 radical (unpaired) electrons. The molecule has 1 aliphatic heterocycles. The van der Waals surface area contributed by atoms with Gasteiger partial charge in [0.05, 0.1) is 32.8 Å². The van der Waals surface area contributed by atoms with E-state index in [9.17, 15) is 4.79 Å². The molecular formula is C11H18N4O3. The Bertz CT molecular complexity index is 407. The Labute approximate surface area is 106 Å². The average molecular weight is 254 g/mol. The van der Waals surface area contributed by atoms with Crippen LogP contribution in [-0.2, 0) is 27.9 Å². The molecular weight excluding hydrogens is 236 g/mol. The van der Waals surface area contributed by atoms with Crippen LogP contribution in [0.25, 0.3) is 0 Å². The highest BCUT2D eigenvalue weighted by Crippen LogP contribution is 2.11. The fourth-order valence-corrected chi connectivity index (χ4v) is 1.97. The van der Waals surface area contributed by atoms with Crippen molar-refractivity contribution in [2.45, 2.75) is 19.1 Å². The predicted octanol–water partition coefficient (Wildman–Crippen LogP) is -0.421. The summed E-state index contributed by atoms with van der Waals surface area (Å²) in [6.07, 6.45) is 1.88. The van der Waals surface area contributed by atoms with Gasteiger partial charge in [-0.05, 0) is 0 Å². The molecule has 1 aliphatic rings. The van der Waals surface area contributed by atoms with Crippen LogP contribution in [0.5, 0.6) is 0 Å². The minimum Gasteiger partial charge on any atom is -0.469 e. The van der Waals surface area contributed by atoms with Gasteiger partial charge in [0.2, 0.25) is 0 Å². The molecule has 0 spiro atoms. The fraction of sp³-hybridized carbons (Fsp3) is 0.727. The van der Waals surface area contributed by atoms with Gasteiger partial charge in [-0.3, -0.25) is 9.69 Å². The first kappa shape index (κ1) is 13.0. The van der Waals surface area contributed by atoms with Crippen molar-refractivity contribution >= 4 is 5.97 Å². The van der Waals surface area contributed by atoms with Crippen molar-refractivity contribution in [3.05, 3.63) is 12.2 Å². The molecule has 1 atom stereocenters. The molecule has 0 N–H and O–H groups in total. The number of nitrogens with zero attached hydrogens (tertiary/aromatic N) is 4. The van der Waals surface area contributed by atoms with Crippen LogP contribution < -0.4 is 0 Å². The van der Waals surface area contributed by atoms with E-state index in [1.807, 2.05) is 11.6 Å². The van der Waals surface area contributed by atoms with Crippen LogP contribution in [0.4, 0.5) is 0 Å². The van der Waals surface area contributed by atoms with Crippen molar-refractivity contribution < 1.29 is 14.3 Å². The number of esters is 1. The third kappa shape index (κ3) is 3.27. The smallest absolute Gasteiger partial charge is 0.308 e. The van der Waals surface area contributed by atoms with Crippen LogP contribution in [0.2, 0.25) is 0 Å². The van der Waals surface area contributed by atoms with E-state index in [0.29, 0.717) is 19.6 Å². The lowest BCUT2D eigenvalue weighted by atomic mass is 10.2. The maximum Gasteiger partial charge on any atom is 0.308 e. The number of hydrogen-bond donors (Lipinski definition) is 0. The number of carbonyl (C=O) groups excluding carboxylic acids is 1. The van der Waals surface area contributed by atoms with Gasteiger partial charge in [0.25, 0.3) is 0 Å². The van der Waals surface area contributed by atoms with Crippen molar-refractivity contribution in [2.24, 2.45) is 7.05 Å². The third-order valence-electron chi connectivity index (χ3n) is 3.02. The lowest BCUT2D eigenvalue weighted by Gasteiger charge is -2.31. The molecule has 0 aromatic carbocycles. The summed E-state index contributed by atoms with van der Waals surface area (Å²) >= 11 is 0. The average Bonchev–Trinajstić information content (AvgIpc) is 2.75. The molecule has 2 heterocycles. The summed E-state index contributed by atoms with van der Waals surface area (Å²) in [6.45, 7) is 2.89. The molecule has 1 aromatic heterocycles. The van der Waals surface area contributed by atoms with Crippen molar-refractivity contribution in [2.75, 3.05) is 26.8 Å². The van der Waals surface area contributed by atoms with Crippen LogP contribution in [0.15, 0.2) is 6.33 Å². The van der Waals surface area contributed by atoms with E-state index in [1.54, 1.807) is 6.33 Å². The summed E-state index contributed by atoms with van der Waals surface area (Å²) < 4.78 is 12.1. The van der Waals surface area contributed by atoms with Crippen LogP contribution in [0, 0.1) is 0 Å². The molecule has 0 saturated carbocycles. The van der Waals surface area contributed by atoms with Crippen LogP contribution in [-0.4, -0.2) is 58.5 Å². The zero-order valence-electron chi connectivity index (χ0n) is 10.7. The minimum absolute atomic E-state index is 0.0978. The summed E-state index contributed by atoms with van der Waals surface area (Å²) in [5, 5.41) is 7.90. The Hall–Kier alpha value is -1.47. The zero-order valence-corrected chi connectivity index (χ0v) is 10.7. The standard InChI is InChI=1S/C11H18N4O3/c1-14-8-12-13-10(14)7-15-3-4-18-9(6-15)5-11(16)17-2/h8-9H,3-7H2,1-2H3. The number of ether oxygens (including phenoxy) is 2. The van der Waals surface area contributed by atoms with E-state index >= 15 is 0 Å². The van der Waals surface area contributed by atoms with E-state index in [2.05, 4.69) is 19.8 Å². The second-order valence-electron chi connectivity index (χ2n) is 4.37.